The summed E-state index contributed by atoms with van der Waals surface area (Å²) in [6.45, 7) is 2.18. The summed E-state index contributed by atoms with van der Waals surface area (Å²) in [5, 5.41) is 31.6. The number of aliphatic hydroxyl groups is 3. The number of aliphatic hydroxyl groups excluding tert-OH is 3. The summed E-state index contributed by atoms with van der Waals surface area (Å²) in [5.74, 6) is 0. The van der Waals surface area contributed by atoms with Crippen LogP contribution < -0.4 is 5.32 Å². The molecular formula is C8H16N2O3. The summed E-state index contributed by atoms with van der Waals surface area (Å²) < 4.78 is 0. The average molecular weight is 188 g/mol. The number of nitrogens with zero attached hydrogens (tertiary/aromatic N) is 1. The zero-order valence-electron chi connectivity index (χ0n) is 7.43. The molecule has 2 heterocycles. The first-order valence-electron chi connectivity index (χ1n) is 4.72. The van der Waals surface area contributed by atoms with E-state index in [1.54, 1.807) is 0 Å². The molecule has 2 fully saturated rings. The SMILES string of the molecule is O[C@@H]1[C@@H](O)[C@@H]2NCCCN2C[C@@H]1O. The minimum Gasteiger partial charge on any atom is -0.389 e. The molecule has 2 aliphatic rings. The van der Waals surface area contributed by atoms with E-state index in [0.717, 1.165) is 19.5 Å². The first-order valence-corrected chi connectivity index (χ1v) is 4.72. The van der Waals surface area contributed by atoms with Crippen molar-refractivity contribution in [2.75, 3.05) is 19.6 Å². The Morgan fingerprint density at radius 2 is 1.92 bits per heavy atom. The fourth-order valence-electron chi connectivity index (χ4n) is 2.10. The van der Waals surface area contributed by atoms with Gasteiger partial charge in [0.05, 0.1) is 12.3 Å². The van der Waals surface area contributed by atoms with Crippen molar-refractivity contribution in [1.29, 1.82) is 0 Å². The van der Waals surface area contributed by atoms with Gasteiger partial charge in [0.15, 0.2) is 0 Å². The van der Waals surface area contributed by atoms with E-state index >= 15 is 0 Å². The number of piperidine rings is 1. The van der Waals surface area contributed by atoms with Crippen LogP contribution in [0.25, 0.3) is 0 Å². The minimum atomic E-state index is -1.02. The molecule has 0 spiro atoms. The lowest BCUT2D eigenvalue weighted by molar-refractivity contribution is -0.149. The average Bonchev–Trinajstić information content (AvgIpc) is 2.15. The molecule has 0 unspecified atom stereocenters. The molecule has 0 aliphatic carbocycles. The molecular weight excluding hydrogens is 172 g/mol. The van der Waals surface area contributed by atoms with E-state index in [-0.39, 0.29) is 6.17 Å². The van der Waals surface area contributed by atoms with E-state index in [1.165, 1.54) is 0 Å². The highest BCUT2D eigenvalue weighted by molar-refractivity contribution is 4.94. The lowest BCUT2D eigenvalue weighted by Gasteiger charge is -2.46. The standard InChI is InChI=1S/C8H16N2O3/c11-5-4-10-3-1-2-9-8(10)7(13)6(5)12/h5-9,11-13H,1-4H2/t5-,6-,7+,8+/m0/s1. The predicted molar refractivity (Wildman–Crippen MR) is 46.0 cm³/mol. The van der Waals surface area contributed by atoms with Crippen molar-refractivity contribution in [3.05, 3.63) is 0 Å². The first kappa shape index (κ1) is 9.36. The van der Waals surface area contributed by atoms with Crippen LogP contribution in [0.1, 0.15) is 6.42 Å². The Hall–Kier alpha value is -0.200. The van der Waals surface area contributed by atoms with E-state index in [4.69, 9.17) is 0 Å². The van der Waals surface area contributed by atoms with Crippen LogP contribution in [0.15, 0.2) is 0 Å². The topological polar surface area (TPSA) is 76.0 Å². The fourth-order valence-corrected chi connectivity index (χ4v) is 2.10. The second-order valence-electron chi connectivity index (χ2n) is 3.80. The van der Waals surface area contributed by atoms with E-state index < -0.39 is 18.3 Å². The molecule has 0 aromatic carbocycles. The highest BCUT2D eigenvalue weighted by Gasteiger charge is 2.41. The zero-order chi connectivity index (χ0) is 9.42. The van der Waals surface area contributed by atoms with E-state index in [0.29, 0.717) is 6.54 Å². The molecule has 0 saturated carbocycles. The predicted octanol–water partition coefficient (Wildman–Crippen LogP) is -2.30. The second kappa shape index (κ2) is 3.51. The van der Waals surface area contributed by atoms with E-state index in [2.05, 4.69) is 5.32 Å². The molecule has 0 radical (unpaired) electrons. The normalized spacial score (nSPS) is 47.3. The van der Waals surface area contributed by atoms with Gasteiger partial charge < -0.3 is 15.3 Å². The van der Waals surface area contributed by atoms with Gasteiger partial charge in [0, 0.05) is 13.1 Å². The maximum Gasteiger partial charge on any atom is 0.111 e. The van der Waals surface area contributed by atoms with Crippen molar-refractivity contribution in [2.24, 2.45) is 0 Å². The van der Waals surface area contributed by atoms with Gasteiger partial charge in [0.1, 0.15) is 12.2 Å². The van der Waals surface area contributed by atoms with Crippen molar-refractivity contribution < 1.29 is 15.3 Å². The molecule has 0 bridgehead atoms. The van der Waals surface area contributed by atoms with Crippen LogP contribution in [-0.2, 0) is 0 Å². The largest absolute Gasteiger partial charge is 0.389 e. The zero-order valence-corrected chi connectivity index (χ0v) is 7.43. The van der Waals surface area contributed by atoms with Crippen LogP contribution in [-0.4, -0.2) is 64.3 Å². The van der Waals surface area contributed by atoms with Gasteiger partial charge in [-0.1, -0.05) is 0 Å². The molecule has 2 aliphatic heterocycles. The molecule has 0 amide bonds. The first-order chi connectivity index (χ1) is 6.20. The molecule has 13 heavy (non-hydrogen) atoms. The molecule has 4 atom stereocenters. The van der Waals surface area contributed by atoms with Gasteiger partial charge in [-0.05, 0) is 13.0 Å². The molecule has 4 N–H and O–H groups in total. The molecule has 76 valence electrons. The summed E-state index contributed by atoms with van der Waals surface area (Å²) in [6.07, 6.45) is -1.90. The van der Waals surface area contributed by atoms with E-state index in [9.17, 15) is 15.3 Å². The fraction of sp³-hybridized carbons (Fsp3) is 1.00. The molecule has 5 heteroatoms. The van der Waals surface area contributed by atoms with Gasteiger partial charge in [-0.15, -0.1) is 0 Å². The smallest absolute Gasteiger partial charge is 0.111 e. The Morgan fingerprint density at radius 1 is 1.15 bits per heavy atom. The van der Waals surface area contributed by atoms with Crippen LogP contribution in [0.2, 0.25) is 0 Å². The van der Waals surface area contributed by atoms with Crippen molar-refractivity contribution in [1.82, 2.24) is 10.2 Å². The summed E-state index contributed by atoms with van der Waals surface area (Å²) >= 11 is 0. The number of nitrogens with one attached hydrogen (secondary N) is 1. The van der Waals surface area contributed by atoms with Gasteiger partial charge >= 0.3 is 0 Å². The summed E-state index contributed by atoms with van der Waals surface area (Å²) in [5.41, 5.74) is 0. The van der Waals surface area contributed by atoms with Crippen LogP contribution >= 0.6 is 0 Å². The maximum atomic E-state index is 9.63. The van der Waals surface area contributed by atoms with Crippen molar-refractivity contribution in [3.63, 3.8) is 0 Å². The van der Waals surface area contributed by atoms with Crippen LogP contribution in [0.5, 0.6) is 0 Å². The van der Waals surface area contributed by atoms with Gasteiger partial charge in [0.2, 0.25) is 0 Å². The van der Waals surface area contributed by atoms with Crippen molar-refractivity contribution in [2.45, 2.75) is 30.9 Å². The quantitative estimate of drug-likeness (QED) is 0.344. The van der Waals surface area contributed by atoms with E-state index in [1.807, 2.05) is 4.90 Å². The maximum absolute atomic E-state index is 9.63. The monoisotopic (exact) mass is 188 g/mol. The lowest BCUT2D eigenvalue weighted by Crippen LogP contribution is -2.68. The molecule has 0 aromatic heterocycles. The summed E-state index contributed by atoms with van der Waals surface area (Å²) in [7, 11) is 0. The molecule has 0 aromatic rings. The third-order valence-electron chi connectivity index (χ3n) is 2.86. The molecule has 2 saturated heterocycles. The van der Waals surface area contributed by atoms with Crippen LogP contribution in [0.4, 0.5) is 0 Å². The molecule has 5 nitrogen and oxygen atoms in total. The highest BCUT2D eigenvalue weighted by atomic mass is 16.4. The Morgan fingerprint density at radius 3 is 2.69 bits per heavy atom. The van der Waals surface area contributed by atoms with Gasteiger partial charge in [-0.2, -0.15) is 0 Å². The highest BCUT2D eigenvalue weighted by Crippen LogP contribution is 2.19. The number of hydrogen-bond donors (Lipinski definition) is 4. The van der Waals surface area contributed by atoms with Gasteiger partial charge in [0.25, 0.3) is 0 Å². The third kappa shape index (κ3) is 1.58. The second-order valence-corrected chi connectivity index (χ2v) is 3.80. The number of fused-ring (bicyclic) bond motifs is 1. The summed E-state index contributed by atoms with van der Waals surface area (Å²) in [6, 6.07) is 0. The Balaban J connectivity index is 2.08. The number of rotatable bonds is 0. The lowest BCUT2D eigenvalue weighted by atomic mass is 9.97. The van der Waals surface area contributed by atoms with Crippen molar-refractivity contribution in [3.8, 4) is 0 Å². The third-order valence-corrected chi connectivity index (χ3v) is 2.86. The van der Waals surface area contributed by atoms with Crippen molar-refractivity contribution >= 4 is 0 Å². The van der Waals surface area contributed by atoms with Crippen LogP contribution in [0, 0.1) is 0 Å². The molecule has 2 rings (SSSR count). The van der Waals surface area contributed by atoms with Gasteiger partial charge in [-0.25, -0.2) is 0 Å². The number of hydrogen-bond acceptors (Lipinski definition) is 5. The Labute approximate surface area is 77.0 Å². The summed E-state index contributed by atoms with van der Waals surface area (Å²) in [4.78, 5) is 1.98. The Bertz CT molecular complexity index is 188. The van der Waals surface area contributed by atoms with Gasteiger partial charge in [-0.3, -0.25) is 10.2 Å². The minimum absolute atomic E-state index is 0.188. The van der Waals surface area contributed by atoms with Crippen LogP contribution in [0.3, 0.4) is 0 Å². The Kier molecular flexibility index (Phi) is 2.53.